The molecule has 1 aromatic carbocycles. The molecule has 4 aromatic rings. The van der Waals surface area contributed by atoms with Crippen LogP contribution in [0, 0.1) is 12.7 Å². The van der Waals surface area contributed by atoms with Gasteiger partial charge >= 0.3 is 0 Å². The predicted octanol–water partition coefficient (Wildman–Crippen LogP) is 3.42. The lowest BCUT2D eigenvalue weighted by atomic mass is 10.2. The highest BCUT2D eigenvalue weighted by Crippen LogP contribution is 2.17. The van der Waals surface area contributed by atoms with E-state index in [0.717, 1.165) is 5.56 Å². The van der Waals surface area contributed by atoms with Crippen molar-refractivity contribution >= 4 is 11.7 Å². The SMILES string of the molecule is Cc1ccnc(-c2nccc(NC(=O)c3ccnn3-c3ccccc3F)n2)c1. The van der Waals surface area contributed by atoms with Crippen LogP contribution in [0.25, 0.3) is 17.2 Å². The van der Waals surface area contributed by atoms with Gasteiger partial charge in [0.15, 0.2) is 5.82 Å². The zero-order chi connectivity index (χ0) is 19.5. The molecule has 0 aliphatic rings. The van der Waals surface area contributed by atoms with Gasteiger partial charge in [-0.3, -0.25) is 9.78 Å². The number of nitrogens with one attached hydrogen (secondary N) is 1. The summed E-state index contributed by atoms with van der Waals surface area (Å²) in [7, 11) is 0. The zero-order valence-electron chi connectivity index (χ0n) is 14.9. The third kappa shape index (κ3) is 3.48. The quantitative estimate of drug-likeness (QED) is 0.592. The fraction of sp³-hybridized carbons (Fsp3) is 0.0500. The summed E-state index contributed by atoms with van der Waals surface area (Å²) in [5.74, 6) is -0.249. The number of anilines is 1. The van der Waals surface area contributed by atoms with Crippen LogP contribution < -0.4 is 5.32 Å². The molecule has 7 nitrogen and oxygen atoms in total. The number of halogens is 1. The summed E-state index contributed by atoms with van der Waals surface area (Å²) < 4.78 is 15.3. The number of aryl methyl sites for hydroxylation is 1. The molecule has 1 amide bonds. The van der Waals surface area contributed by atoms with Crippen LogP contribution in [0.3, 0.4) is 0 Å². The van der Waals surface area contributed by atoms with E-state index in [-0.39, 0.29) is 11.4 Å². The Morgan fingerprint density at radius 2 is 1.86 bits per heavy atom. The Bertz CT molecular complexity index is 1160. The molecule has 0 radical (unpaired) electrons. The molecule has 0 saturated carbocycles. The molecule has 0 bridgehead atoms. The number of amides is 1. The van der Waals surface area contributed by atoms with Crippen LogP contribution in [0.15, 0.2) is 67.1 Å². The molecule has 0 aliphatic heterocycles. The Balaban J connectivity index is 1.61. The fourth-order valence-corrected chi connectivity index (χ4v) is 2.68. The van der Waals surface area contributed by atoms with Crippen molar-refractivity contribution < 1.29 is 9.18 Å². The predicted molar refractivity (Wildman–Crippen MR) is 101 cm³/mol. The second-order valence-corrected chi connectivity index (χ2v) is 6.02. The number of carbonyl (C=O) groups excluding carboxylic acids is 1. The monoisotopic (exact) mass is 374 g/mol. The van der Waals surface area contributed by atoms with Crippen LogP contribution >= 0.6 is 0 Å². The third-order valence-electron chi connectivity index (χ3n) is 4.00. The van der Waals surface area contributed by atoms with Gasteiger partial charge in [0.2, 0.25) is 0 Å². The average Bonchev–Trinajstić information content (AvgIpc) is 3.18. The Morgan fingerprint density at radius 1 is 1.04 bits per heavy atom. The van der Waals surface area contributed by atoms with E-state index < -0.39 is 11.7 Å². The van der Waals surface area contributed by atoms with Crippen molar-refractivity contribution in [3.05, 3.63) is 84.2 Å². The second kappa shape index (κ2) is 7.36. The van der Waals surface area contributed by atoms with Crippen molar-refractivity contribution in [3.8, 4) is 17.2 Å². The van der Waals surface area contributed by atoms with Gasteiger partial charge in [-0.05, 0) is 48.9 Å². The maximum atomic E-state index is 14.1. The fourth-order valence-electron chi connectivity index (χ4n) is 2.68. The second-order valence-electron chi connectivity index (χ2n) is 6.02. The molecule has 8 heteroatoms. The van der Waals surface area contributed by atoms with Crippen LogP contribution in [0.5, 0.6) is 0 Å². The number of carbonyl (C=O) groups is 1. The van der Waals surface area contributed by atoms with Gasteiger partial charge in [-0.1, -0.05) is 12.1 Å². The molecule has 0 atom stereocenters. The lowest BCUT2D eigenvalue weighted by Gasteiger charge is -2.09. The highest BCUT2D eigenvalue weighted by Gasteiger charge is 2.16. The van der Waals surface area contributed by atoms with Gasteiger partial charge in [-0.25, -0.2) is 19.0 Å². The largest absolute Gasteiger partial charge is 0.305 e. The molecule has 1 N–H and O–H groups in total. The summed E-state index contributed by atoms with van der Waals surface area (Å²) >= 11 is 0. The molecule has 28 heavy (non-hydrogen) atoms. The summed E-state index contributed by atoms with van der Waals surface area (Å²) in [5, 5.41) is 6.76. The van der Waals surface area contributed by atoms with Crippen molar-refractivity contribution in [1.82, 2.24) is 24.7 Å². The maximum Gasteiger partial charge on any atom is 0.275 e. The molecule has 4 rings (SSSR count). The Morgan fingerprint density at radius 3 is 2.68 bits per heavy atom. The first kappa shape index (κ1) is 17.5. The van der Waals surface area contributed by atoms with Gasteiger partial charge in [0.25, 0.3) is 5.91 Å². The first-order valence-corrected chi connectivity index (χ1v) is 8.48. The normalized spacial score (nSPS) is 10.6. The van der Waals surface area contributed by atoms with E-state index in [0.29, 0.717) is 17.3 Å². The maximum absolute atomic E-state index is 14.1. The molecule has 0 spiro atoms. The standard InChI is InChI=1S/C20H15FN6O/c1-13-6-9-22-15(12-13)19-23-10-8-18(25-19)26-20(28)17-7-11-24-27(17)16-5-3-2-4-14(16)21/h2-12H,1H3,(H,23,25,26,28). The minimum atomic E-state index is -0.477. The molecule has 3 heterocycles. The van der Waals surface area contributed by atoms with E-state index in [4.69, 9.17) is 0 Å². The van der Waals surface area contributed by atoms with Crippen molar-refractivity contribution in [2.24, 2.45) is 0 Å². The lowest BCUT2D eigenvalue weighted by molar-refractivity contribution is 0.101. The average molecular weight is 374 g/mol. The summed E-state index contributed by atoms with van der Waals surface area (Å²) in [5.41, 5.74) is 1.99. The number of aromatic nitrogens is 5. The van der Waals surface area contributed by atoms with Gasteiger partial charge in [0, 0.05) is 12.4 Å². The Labute approximate surface area is 159 Å². The number of hydrogen-bond donors (Lipinski definition) is 1. The van der Waals surface area contributed by atoms with Crippen LogP contribution in [0.1, 0.15) is 16.1 Å². The van der Waals surface area contributed by atoms with Crippen molar-refractivity contribution in [2.45, 2.75) is 6.92 Å². The highest BCUT2D eigenvalue weighted by atomic mass is 19.1. The zero-order valence-corrected chi connectivity index (χ0v) is 14.9. The summed E-state index contributed by atoms with van der Waals surface area (Å²) in [4.78, 5) is 25.5. The topological polar surface area (TPSA) is 85.6 Å². The van der Waals surface area contributed by atoms with Gasteiger partial charge in [0.1, 0.15) is 28.7 Å². The highest BCUT2D eigenvalue weighted by molar-refractivity contribution is 6.02. The Hall–Kier alpha value is -3.94. The number of benzene rings is 1. The smallest absolute Gasteiger partial charge is 0.275 e. The van der Waals surface area contributed by atoms with E-state index in [1.807, 2.05) is 19.1 Å². The van der Waals surface area contributed by atoms with Crippen molar-refractivity contribution in [2.75, 3.05) is 5.32 Å². The summed E-state index contributed by atoms with van der Waals surface area (Å²) in [6.07, 6.45) is 4.64. The molecule has 138 valence electrons. The van der Waals surface area contributed by atoms with Gasteiger partial charge in [-0.15, -0.1) is 0 Å². The number of nitrogens with zero attached hydrogens (tertiary/aromatic N) is 5. The van der Waals surface area contributed by atoms with Crippen LogP contribution in [0.4, 0.5) is 10.2 Å². The van der Waals surface area contributed by atoms with Crippen molar-refractivity contribution in [3.63, 3.8) is 0 Å². The van der Waals surface area contributed by atoms with E-state index in [1.54, 1.807) is 30.5 Å². The molecule has 0 aliphatic carbocycles. The number of hydrogen-bond acceptors (Lipinski definition) is 5. The van der Waals surface area contributed by atoms with Crippen LogP contribution in [-0.2, 0) is 0 Å². The van der Waals surface area contributed by atoms with Gasteiger partial charge in [0.05, 0.1) is 6.20 Å². The van der Waals surface area contributed by atoms with Crippen molar-refractivity contribution in [1.29, 1.82) is 0 Å². The third-order valence-corrected chi connectivity index (χ3v) is 4.00. The van der Waals surface area contributed by atoms with E-state index >= 15 is 0 Å². The molecular formula is C20H15FN6O. The van der Waals surface area contributed by atoms with E-state index in [2.05, 4.69) is 25.4 Å². The van der Waals surface area contributed by atoms with Gasteiger partial charge in [-0.2, -0.15) is 5.10 Å². The number of pyridine rings is 1. The summed E-state index contributed by atoms with van der Waals surface area (Å²) in [6, 6.07) is 12.9. The Kier molecular flexibility index (Phi) is 4.59. The first-order valence-electron chi connectivity index (χ1n) is 8.48. The minimum absolute atomic E-state index is 0.180. The minimum Gasteiger partial charge on any atom is -0.305 e. The molecule has 3 aromatic heterocycles. The first-order chi connectivity index (χ1) is 13.6. The van der Waals surface area contributed by atoms with Crippen LogP contribution in [-0.4, -0.2) is 30.6 Å². The molecule has 0 saturated heterocycles. The number of para-hydroxylation sites is 1. The van der Waals surface area contributed by atoms with Crippen LogP contribution in [0.2, 0.25) is 0 Å². The molecule has 0 unspecified atom stereocenters. The summed E-state index contributed by atoms with van der Waals surface area (Å²) in [6.45, 7) is 1.95. The van der Waals surface area contributed by atoms with Gasteiger partial charge < -0.3 is 5.32 Å². The molecule has 0 fully saturated rings. The molecular weight excluding hydrogens is 359 g/mol. The lowest BCUT2D eigenvalue weighted by Crippen LogP contribution is -2.18. The number of rotatable bonds is 4. The van der Waals surface area contributed by atoms with E-state index in [9.17, 15) is 9.18 Å². The van der Waals surface area contributed by atoms with E-state index in [1.165, 1.54) is 29.2 Å².